The summed E-state index contributed by atoms with van der Waals surface area (Å²) in [5, 5.41) is 18.1. The lowest BCUT2D eigenvalue weighted by molar-refractivity contribution is 0.882. The SMILES string of the molecule is Cc1[nH]nc2c1C(c1ccc(Cl)cc1)C(C#N)=C(N)N2c1ccccc1. The number of aromatic nitrogens is 2. The molecule has 1 atom stereocenters. The van der Waals surface area contributed by atoms with Crippen LogP contribution in [0, 0.1) is 18.3 Å². The molecule has 26 heavy (non-hydrogen) atoms. The third-order valence-electron chi connectivity index (χ3n) is 4.62. The molecular formula is C20H16ClN5. The van der Waals surface area contributed by atoms with Gasteiger partial charge in [0.25, 0.3) is 0 Å². The van der Waals surface area contributed by atoms with Gasteiger partial charge in [-0.25, -0.2) is 0 Å². The Morgan fingerprint density at radius 1 is 1.15 bits per heavy atom. The van der Waals surface area contributed by atoms with Crippen LogP contribution in [0.5, 0.6) is 0 Å². The Morgan fingerprint density at radius 2 is 1.85 bits per heavy atom. The van der Waals surface area contributed by atoms with Crippen LogP contribution in [0.3, 0.4) is 0 Å². The van der Waals surface area contributed by atoms with Gasteiger partial charge in [0.05, 0.1) is 17.6 Å². The number of para-hydroxylation sites is 1. The number of hydrogen-bond acceptors (Lipinski definition) is 4. The van der Waals surface area contributed by atoms with Gasteiger partial charge in [0.1, 0.15) is 5.82 Å². The maximum atomic E-state index is 9.90. The molecule has 5 nitrogen and oxygen atoms in total. The molecule has 4 rings (SSSR count). The first-order valence-electron chi connectivity index (χ1n) is 8.17. The van der Waals surface area contributed by atoms with E-state index in [9.17, 15) is 5.26 Å². The number of nitrogens with two attached hydrogens (primary N) is 1. The van der Waals surface area contributed by atoms with E-state index in [2.05, 4.69) is 16.3 Å². The van der Waals surface area contributed by atoms with Crippen molar-refractivity contribution >= 4 is 23.1 Å². The zero-order valence-electron chi connectivity index (χ0n) is 14.1. The summed E-state index contributed by atoms with van der Waals surface area (Å²) in [6, 6.07) is 19.5. The molecule has 0 bridgehead atoms. The summed E-state index contributed by atoms with van der Waals surface area (Å²) < 4.78 is 0. The fraction of sp³-hybridized carbons (Fsp3) is 0.100. The Bertz CT molecular complexity index is 1030. The summed E-state index contributed by atoms with van der Waals surface area (Å²) in [7, 11) is 0. The molecule has 3 N–H and O–H groups in total. The number of nitrogens with one attached hydrogen (secondary N) is 1. The minimum absolute atomic E-state index is 0.286. The Labute approximate surface area is 156 Å². The molecule has 2 heterocycles. The van der Waals surface area contributed by atoms with Crippen LogP contribution in [0.4, 0.5) is 11.5 Å². The minimum atomic E-state index is -0.286. The molecule has 1 aliphatic rings. The Hall–Kier alpha value is -3.23. The number of aromatic amines is 1. The maximum Gasteiger partial charge on any atom is 0.165 e. The Balaban J connectivity index is 1.98. The van der Waals surface area contributed by atoms with E-state index in [-0.39, 0.29) is 5.92 Å². The van der Waals surface area contributed by atoms with Crippen LogP contribution in [0.2, 0.25) is 5.02 Å². The van der Waals surface area contributed by atoms with Gasteiger partial charge < -0.3 is 5.73 Å². The fourth-order valence-corrected chi connectivity index (χ4v) is 3.54. The van der Waals surface area contributed by atoms with E-state index in [0.29, 0.717) is 22.2 Å². The Kier molecular flexibility index (Phi) is 3.90. The highest BCUT2D eigenvalue weighted by Gasteiger charge is 2.37. The summed E-state index contributed by atoms with van der Waals surface area (Å²) in [6.45, 7) is 1.95. The van der Waals surface area contributed by atoms with Crippen molar-refractivity contribution in [2.75, 3.05) is 4.90 Å². The molecule has 128 valence electrons. The first-order chi connectivity index (χ1) is 12.6. The number of nitrogens with zero attached hydrogens (tertiary/aromatic N) is 3. The molecule has 1 aliphatic heterocycles. The van der Waals surface area contributed by atoms with Gasteiger partial charge >= 0.3 is 0 Å². The fourth-order valence-electron chi connectivity index (χ4n) is 3.42. The number of fused-ring (bicyclic) bond motifs is 1. The van der Waals surface area contributed by atoms with Gasteiger partial charge in [-0.3, -0.25) is 10.00 Å². The number of halogens is 1. The van der Waals surface area contributed by atoms with Crippen LogP contribution in [-0.4, -0.2) is 10.2 Å². The molecule has 1 unspecified atom stereocenters. The van der Waals surface area contributed by atoms with Crippen LogP contribution in [0.1, 0.15) is 22.7 Å². The highest BCUT2D eigenvalue weighted by atomic mass is 35.5. The quantitative estimate of drug-likeness (QED) is 0.711. The lowest BCUT2D eigenvalue weighted by Gasteiger charge is -2.33. The molecule has 0 fully saturated rings. The number of rotatable bonds is 2. The van der Waals surface area contributed by atoms with Crippen molar-refractivity contribution in [3.63, 3.8) is 0 Å². The largest absolute Gasteiger partial charge is 0.384 e. The van der Waals surface area contributed by atoms with Crippen molar-refractivity contribution in [3.05, 3.63) is 87.8 Å². The Morgan fingerprint density at radius 3 is 2.50 bits per heavy atom. The average molecular weight is 362 g/mol. The number of H-pyrrole nitrogens is 1. The van der Waals surface area contributed by atoms with Gasteiger partial charge in [-0.05, 0) is 36.8 Å². The van der Waals surface area contributed by atoms with E-state index < -0.39 is 0 Å². The number of nitriles is 1. The van der Waals surface area contributed by atoms with Crippen molar-refractivity contribution in [2.45, 2.75) is 12.8 Å². The predicted octanol–water partition coefficient (Wildman–Crippen LogP) is 4.35. The number of benzene rings is 2. The number of aryl methyl sites for hydroxylation is 1. The molecule has 1 aromatic heterocycles. The molecule has 0 saturated heterocycles. The zero-order valence-corrected chi connectivity index (χ0v) is 14.8. The summed E-state index contributed by atoms with van der Waals surface area (Å²) >= 11 is 6.03. The molecular weight excluding hydrogens is 346 g/mol. The standard InChI is InChI=1S/C20H16ClN5/c1-12-17-18(13-7-9-14(21)10-8-13)16(11-22)19(23)26(20(17)25-24-12)15-5-3-2-4-6-15/h2-10,18H,23H2,1H3,(H,24,25). The summed E-state index contributed by atoms with van der Waals surface area (Å²) in [6.07, 6.45) is 0. The van der Waals surface area contributed by atoms with Gasteiger partial charge in [-0.2, -0.15) is 10.4 Å². The molecule has 0 aliphatic carbocycles. The van der Waals surface area contributed by atoms with Gasteiger partial charge in [0.2, 0.25) is 0 Å². The summed E-state index contributed by atoms with van der Waals surface area (Å²) in [4.78, 5) is 1.82. The topological polar surface area (TPSA) is 81.7 Å². The zero-order chi connectivity index (χ0) is 18.3. The highest BCUT2D eigenvalue weighted by Crippen LogP contribution is 2.46. The first-order valence-corrected chi connectivity index (χ1v) is 8.55. The minimum Gasteiger partial charge on any atom is -0.384 e. The van der Waals surface area contributed by atoms with Gasteiger partial charge in [-0.15, -0.1) is 0 Å². The van der Waals surface area contributed by atoms with Crippen molar-refractivity contribution < 1.29 is 0 Å². The van der Waals surface area contributed by atoms with Crippen LogP contribution in [-0.2, 0) is 0 Å². The first kappa shape index (κ1) is 16.2. The molecule has 0 amide bonds. The molecule has 0 saturated carbocycles. The third-order valence-corrected chi connectivity index (χ3v) is 4.87. The van der Waals surface area contributed by atoms with E-state index in [1.807, 2.05) is 66.4 Å². The van der Waals surface area contributed by atoms with Crippen molar-refractivity contribution in [3.8, 4) is 6.07 Å². The molecule has 0 radical (unpaired) electrons. The van der Waals surface area contributed by atoms with Crippen molar-refractivity contribution in [1.29, 1.82) is 5.26 Å². The molecule has 2 aromatic carbocycles. The van der Waals surface area contributed by atoms with Crippen LogP contribution in [0.25, 0.3) is 0 Å². The average Bonchev–Trinajstić information content (AvgIpc) is 3.03. The monoisotopic (exact) mass is 361 g/mol. The number of anilines is 2. The highest BCUT2D eigenvalue weighted by molar-refractivity contribution is 6.30. The smallest absolute Gasteiger partial charge is 0.165 e. The number of allylic oxidation sites excluding steroid dienone is 1. The normalized spacial score (nSPS) is 16.3. The van der Waals surface area contributed by atoms with E-state index in [0.717, 1.165) is 22.5 Å². The van der Waals surface area contributed by atoms with Crippen molar-refractivity contribution in [2.24, 2.45) is 5.73 Å². The second-order valence-electron chi connectivity index (χ2n) is 6.15. The lowest BCUT2D eigenvalue weighted by atomic mass is 9.82. The third kappa shape index (κ3) is 2.43. The van der Waals surface area contributed by atoms with Crippen LogP contribution in [0.15, 0.2) is 66.0 Å². The van der Waals surface area contributed by atoms with E-state index in [1.54, 1.807) is 0 Å². The van der Waals surface area contributed by atoms with E-state index in [4.69, 9.17) is 17.3 Å². The summed E-state index contributed by atoms with van der Waals surface area (Å²) in [5.41, 5.74) is 10.6. The second kappa shape index (κ2) is 6.25. The molecule has 3 aromatic rings. The van der Waals surface area contributed by atoms with Crippen LogP contribution < -0.4 is 10.6 Å². The van der Waals surface area contributed by atoms with Crippen molar-refractivity contribution in [1.82, 2.24) is 10.2 Å². The molecule has 0 spiro atoms. The predicted molar refractivity (Wildman–Crippen MR) is 102 cm³/mol. The second-order valence-corrected chi connectivity index (χ2v) is 6.59. The summed E-state index contributed by atoms with van der Waals surface area (Å²) in [5.74, 6) is 0.814. The van der Waals surface area contributed by atoms with Gasteiger partial charge in [-0.1, -0.05) is 41.9 Å². The van der Waals surface area contributed by atoms with E-state index in [1.165, 1.54) is 0 Å². The van der Waals surface area contributed by atoms with E-state index >= 15 is 0 Å². The lowest BCUT2D eigenvalue weighted by Crippen LogP contribution is -2.31. The van der Waals surface area contributed by atoms with Crippen LogP contribution >= 0.6 is 11.6 Å². The maximum absolute atomic E-state index is 9.90. The van der Waals surface area contributed by atoms with Gasteiger partial charge in [0.15, 0.2) is 5.82 Å². The van der Waals surface area contributed by atoms with Gasteiger partial charge in [0, 0.05) is 22.0 Å². The molecule has 6 heteroatoms. The number of hydrogen-bond donors (Lipinski definition) is 2.